The van der Waals surface area contributed by atoms with Gasteiger partial charge in [-0.05, 0) is 5.56 Å². The van der Waals surface area contributed by atoms with E-state index in [0.29, 0.717) is 5.56 Å². The highest BCUT2D eigenvalue weighted by Gasteiger charge is 2.49. The molecule has 13 heteroatoms. The molecule has 0 bridgehead atoms. The van der Waals surface area contributed by atoms with Crippen LogP contribution >= 0.6 is 0 Å². The second-order valence-electron chi connectivity index (χ2n) is 8.50. The first kappa shape index (κ1) is 30.8. The number of hydrogen-bond acceptors (Lipinski definition) is 12. The molecular weight excluding hydrogens is 518 g/mol. The fourth-order valence-electron chi connectivity index (χ4n) is 3.73. The number of esters is 5. The van der Waals surface area contributed by atoms with Crippen LogP contribution < -0.4 is 5.32 Å². The van der Waals surface area contributed by atoms with Crippen molar-refractivity contribution in [3.8, 4) is 0 Å². The molecule has 1 amide bonds. The van der Waals surface area contributed by atoms with Gasteiger partial charge in [0.25, 0.3) is 0 Å². The Hall–Kier alpha value is -4.42. The molecule has 1 heterocycles. The maximum atomic E-state index is 13.0. The molecule has 0 fully saturated rings. The van der Waals surface area contributed by atoms with Crippen LogP contribution in [0.4, 0.5) is 0 Å². The van der Waals surface area contributed by atoms with E-state index in [4.69, 9.17) is 28.4 Å². The van der Waals surface area contributed by atoms with Crippen molar-refractivity contribution in [2.24, 2.45) is 0 Å². The maximum Gasteiger partial charge on any atom is 0.373 e. The summed E-state index contributed by atoms with van der Waals surface area (Å²) in [7, 11) is 0. The average molecular weight is 550 g/mol. The second kappa shape index (κ2) is 14.5. The lowest BCUT2D eigenvalue weighted by Gasteiger charge is -2.41. The number of rotatable bonds is 11. The Morgan fingerprint density at radius 3 is 2.03 bits per heavy atom. The Labute approximate surface area is 224 Å². The molecule has 0 saturated carbocycles. The summed E-state index contributed by atoms with van der Waals surface area (Å²) in [5, 5.41) is 2.55. The first-order valence-corrected chi connectivity index (χ1v) is 11.9. The fraction of sp³-hybridized carbons (Fsp3) is 0.462. The van der Waals surface area contributed by atoms with Crippen LogP contribution in [0.15, 0.2) is 42.2 Å². The van der Waals surface area contributed by atoms with Gasteiger partial charge in [-0.15, -0.1) is 0 Å². The molecule has 1 aromatic rings. The molecule has 1 aliphatic heterocycles. The van der Waals surface area contributed by atoms with E-state index in [1.807, 2.05) is 0 Å². The summed E-state index contributed by atoms with van der Waals surface area (Å²) in [6.45, 7) is 4.87. The van der Waals surface area contributed by atoms with Crippen molar-refractivity contribution in [3.63, 3.8) is 0 Å². The van der Waals surface area contributed by atoms with Crippen molar-refractivity contribution >= 4 is 35.8 Å². The van der Waals surface area contributed by atoms with Gasteiger partial charge in [-0.25, -0.2) is 4.79 Å². The highest BCUT2D eigenvalue weighted by Crippen LogP contribution is 2.28. The monoisotopic (exact) mass is 549 g/mol. The van der Waals surface area contributed by atoms with Crippen LogP contribution in [0.2, 0.25) is 0 Å². The van der Waals surface area contributed by atoms with Crippen LogP contribution in [0.1, 0.15) is 40.2 Å². The van der Waals surface area contributed by atoms with Crippen molar-refractivity contribution in [2.75, 3.05) is 6.61 Å². The molecule has 0 aromatic heterocycles. The molecule has 1 aliphatic rings. The van der Waals surface area contributed by atoms with E-state index in [0.717, 1.165) is 33.8 Å². The van der Waals surface area contributed by atoms with Crippen LogP contribution in [-0.4, -0.2) is 72.8 Å². The Balaban J connectivity index is 2.52. The largest absolute Gasteiger partial charge is 0.477 e. The summed E-state index contributed by atoms with van der Waals surface area (Å²) >= 11 is 0. The van der Waals surface area contributed by atoms with Crippen molar-refractivity contribution in [1.29, 1.82) is 0 Å². The van der Waals surface area contributed by atoms with Gasteiger partial charge in [-0.1, -0.05) is 30.3 Å². The zero-order valence-electron chi connectivity index (χ0n) is 22.2. The molecule has 0 saturated heterocycles. The van der Waals surface area contributed by atoms with Crippen LogP contribution in [0.5, 0.6) is 0 Å². The van der Waals surface area contributed by atoms with E-state index in [2.05, 4.69) is 5.32 Å². The lowest BCUT2D eigenvalue weighted by Crippen LogP contribution is -2.62. The van der Waals surface area contributed by atoms with Crippen molar-refractivity contribution in [3.05, 3.63) is 47.7 Å². The van der Waals surface area contributed by atoms with Gasteiger partial charge in [0.15, 0.2) is 18.3 Å². The number of amides is 1. The zero-order chi connectivity index (χ0) is 29.1. The normalized spacial score (nSPS) is 19.6. The van der Waals surface area contributed by atoms with Crippen molar-refractivity contribution in [2.45, 2.75) is 71.7 Å². The van der Waals surface area contributed by atoms with E-state index in [1.165, 1.54) is 6.92 Å². The Bertz CT molecular complexity index is 1100. The van der Waals surface area contributed by atoms with E-state index >= 15 is 0 Å². The number of carbonyl (C=O) groups excluding carboxylic acids is 6. The molecule has 5 atom stereocenters. The molecule has 1 aromatic carbocycles. The zero-order valence-corrected chi connectivity index (χ0v) is 22.2. The molecular formula is C26H31NO12. The van der Waals surface area contributed by atoms with Crippen LogP contribution in [0, 0.1) is 0 Å². The van der Waals surface area contributed by atoms with Gasteiger partial charge in [-0.3, -0.25) is 24.0 Å². The first-order chi connectivity index (χ1) is 18.4. The smallest absolute Gasteiger partial charge is 0.373 e. The van der Waals surface area contributed by atoms with E-state index in [1.54, 1.807) is 30.3 Å². The summed E-state index contributed by atoms with van der Waals surface area (Å²) in [4.78, 5) is 72.4. The number of ether oxygens (including phenoxy) is 6. The third-order valence-electron chi connectivity index (χ3n) is 5.13. The lowest BCUT2D eigenvalue weighted by molar-refractivity contribution is -0.192. The van der Waals surface area contributed by atoms with E-state index in [9.17, 15) is 28.8 Å². The minimum Gasteiger partial charge on any atom is -0.477 e. The third kappa shape index (κ3) is 10.1. The minimum atomic E-state index is -1.55. The quantitative estimate of drug-likeness (QED) is 0.306. The van der Waals surface area contributed by atoms with Gasteiger partial charge >= 0.3 is 29.8 Å². The van der Waals surface area contributed by atoms with E-state index < -0.39 is 78.6 Å². The third-order valence-corrected chi connectivity index (χ3v) is 5.13. The van der Waals surface area contributed by atoms with Gasteiger partial charge in [-0.2, -0.15) is 0 Å². The topological polar surface area (TPSA) is 170 Å². The molecule has 13 nitrogen and oxygen atoms in total. The SMILES string of the molecule is CC(=O)N[C@H]1[C@@H]([C@H](OC(C)=O)[C@@H](COC(C)=O)OC(C)=O)OC(C(=O)OCc2ccccc2)=C[C@@H]1OC(C)=O. The predicted molar refractivity (Wildman–Crippen MR) is 130 cm³/mol. The lowest BCUT2D eigenvalue weighted by atomic mass is 9.93. The Morgan fingerprint density at radius 2 is 1.49 bits per heavy atom. The Kier molecular flexibility index (Phi) is 11.5. The summed E-state index contributed by atoms with van der Waals surface area (Å²) in [5.41, 5.74) is 0.681. The van der Waals surface area contributed by atoms with Gasteiger partial charge in [0.2, 0.25) is 11.7 Å². The predicted octanol–water partition coefficient (Wildman–Crippen LogP) is 0.875. The number of benzene rings is 1. The molecule has 0 unspecified atom stereocenters. The van der Waals surface area contributed by atoms with Gasteiger partial charge in [0.1, 0.15) is 25.4 Å². The number of hydrogen-bond donors (Lipinski definition) is 1. The minimum absolute atomic E-state index is 0.117. The first-order valence-electron chi connectivity index (χ1n) is 11.9. The highest BCUT2D eigenvalue weighted by atomic mass is 16.6. The molecule has 0 radical (unpaired) electrons. The fourth-order valence-corrected chi connectivity index (χ4v) is 3.73. The second-order valence-corrected chi connectivity index (χ2v) is 8.50. The highest BCUT2D eigenvalue weighted by molar-refractivity contribution is 5.87. The number of carbonyl (C=O) groups is 6. The summed E-state index contributed by atoms with van der Waals surface area (Å²) < 4.78 is 32.2. The number of nitrogens with one attached hydrogen (secondary N) is 1. The van der Waals surface area contributed by atoms with Gasteiger partial charge in [0, 0.05) is 40.7 Å². The van der Waals surface area contributed by atoms with Crippen LogP contribution in [-0.2, 0) is 63.8 Å². The molecule has 212 valence electrons. The Morgan fingerprint density at radius 1 is 0.846 bits per heavy atom. The maximum absolute atomic E-state index is 13.0. The molecule has 1 N–H and O–H groups in total. The molecule has 0 aliphatic carbocycles. The van der Waals surface area contributed by atoms with Crippen molar-refractivity contribution < 1.29 is 57.2 Å². The summed E-state index contributed by atoms with van der Waals surface area (Å²) in [6, 6.07) is 7.53. The van der Waals surface area contributed by atoms with Crippen LogP contribution in [0.25, 0.3) is 0 Å². The van der Waals surface area contributed by atoms with E-state index in [-0.39, 0.29) is 6.61 Å². The average Bonchev–Trinajstić information content (AvgIpc) is 2.84. The van der Waals surface area contributed by atoms with Gasteiger partial charge in [0.05, 0.1) is 0 Å². The van der Waals surface area contributed by atoms with Crippen molar-refractivity contribution in [1.82, 2.24) is 5.32 Å². The molecule has 2 rings (SSSR count). The summed E-state index contributed by atoms with van der Waals surface area (Å²) in [6.07, 6.45) is -4.62. The standard InChI is InChI=1S/C26H31NO12/c1-14(28)27-23-20(36-16(3)30)11-21(26(33)35-12-19-9-7-6-8-10-19)39-25(23)24(38-18(5)32)22(37-17(4)31)13-34-15(2)29/h6-11,20,22-25H,12-13H2,1-5H3,(H,27,28)/t20-,22+,23+,24+,25-/m0/s1. The summed E-state index contributed by atoms with van der Waals surface area (Å²) in [5.74, 6) is -5.10. The van der Waals surface area contributed by atoms with Crippen LogP contribution in [0.3, 0.4) is 0 Å². The molecule has 39 heavy (non-hydrogen) atoms. The molecule has 0 spiro atoms. The van der Waals surface area contributed by atoms with Gasteiger partial charge < -0.3 is 33.7 Å².